The third-order valence-electron chi connectivity index (χ3n) is 7.96. The molecular formula is C28H41NO5Si. The highest BCUT2D eigenvalue weighted by atomic mass is 28.4. The number of benzene rings is 2. The molecular weight excluding hydrogens is 458 g/mol. The van der Waals surface area contributed by atoms with Gasteiger partial charge in [0.05, 0.1) is 24.1 Å². The van der Waals surface area contributed by atoms with Gasteiger partial charge in [0.15, 0.2) is 8.32 Å². The van der Waals surface area contributed by atoms with Crippen LogP contribution in [0.4, 0.5) is 0 Å². The molecule has 0 radical (unpaired) electrons. The second-order valence-electron chi connectivity index (χ2n) is 10.8. The molecule has 2 atom stereocenters. The Balaban J connectivity index is 2.00. The molecule has 1 amide bonds. The van der Waals surface area contributed by atoms with Crippen LogP contribution in [0.1, 0.15) is 44.7 Å². The number of amides is 1. The monoisotopic (exact) mass is 499 g/mol. The Kier molecular flexibility index (Phi) is 8.16. The lowest BCUT2D eigenvalue weighted by Crippen LogP contribution is -2.49. The summed E-state index contributed by atoms with van der Waals surface area (Å²) >= 11 is 0. The van der Waals surface area contributed by atoms with Crippen LogP contribution in [0.15, 0.2) is 54.6 Å². The molecule has 6 nitrogen and oxygen atoms in total. The lowest BCUT2D eigenvalue weighted by Gasteiger charge is -2.38. The molecule has 0 saturated carbocycles. The van der Waals surface area contributed by atoms with Crippen LogP contribution in [0.5, 0.6) is 5.75 Å². The highest BCUT2D eigenvalue weighted by molar-refractivity contribution is 6.74. The number of methoxy groups -OCH3 is 3. The van der Waals surface area contributed by atoms with Crippen LogP contribution < -0.4 is 10.1 Å². The lowest BCUT2D eigenvalue weighted by molar-refractivity contribution is -0.234. The normalized spacial score (nSPS) is 21.1. The first-order valence-electron chi connectivity index (χ1n) is 12.2. The number of rotatable bonds is 10. The van der Waals surface area contributed by atoms with Crippen molar-refractivity contribution in [1.29, 1.82) is 0 Å². The zero-order chi connectivity index (χ0) is 25.9. The fourth-order valence-electron chi connectivity index (χ4n) is 4.79. The molecule has 1 aliphatic heterocycles. The second-order valence-corrected chi connectivity index (χ2v) is 15.6. The molecule has 2 unspecified atom stereocenters. The van der Waals surface area contributed by atoms with E-state index in [1.54, 1.807) is 21.3 Å². The molecule has 1 saturated heterocycles. The van der Waals surface area contributed by atoms with Gasteiger partial charge < -0.3 is 24.0 Å². The maximum Gasteiger partial charge on any atom is 0.231 e. The van der Waals surface area contributed by atoms with E-state index < -0.39 is 25.6 Å². The van der Waals surface area contributed by atoms with E-state index in [-0.39, 0.29) is 10.9 Å². The highest BCUT2D eigenvalue weighted by Gasteiger charge is 2.56. The van der Waals surface area contributed by atoms with E-state index in [4.69, 9.17) is 18.6 Å². The van der Waals surface area contributed by atoms with E-state index >= 15 is 0 Å². The summed E-state index contributed by atoms with van der Waals surface area (Å²) in [5.41, 5.74) is 0.942. The average Bonchev–Trinajstić information content (AvgIpc) is 3.17. The van der Waals surface area contributed by atoms with Crippen molar-refractivity contribution in [2.75, 3.05) is 27.9 Å². The van der Waals surface area contributed by atoms with Crippen LogP contribution in [-0.2, 0) is 29.9 Å². The van der Waals surface area contributed by atoms with Crippen molar-refractivity contribution in [3.8, 4) is 5.75 Å². The second kappa shape index (κ2) is 10.4. The quantitative estimate of drug-likeness (QED) is 0.351. The molecule has 35 heavy (non-hydrogen) atoms. The summed E-state index contributed by atoms with van der Waals surface area (Å²) < 4.78 is 24.2. The van der Waals surface area contributed by atoms with E-state index in [1.165, 1.54) is 0 Å². The van der Waals surface area contributed by atoms with Crippen LogP contribution >= 0.6 is 0 Å². The minimum absolute atomic E-state index is 0.0408. The van der Waals surface area contributed by atoms with Crippen molar-refractivity contribution in [1.82, 2.24) is 5.32 Å². The van der Waals surface area contributed by atoms with Gasteiger partial charge in [0.2, 0.25) is 11.7 Å². The van der Waals surface area contributed by atoms with Crippen molar-refractivity contribution in [2.24, 2.45) is 0 Å². The zero-order valence-electron chi connectivity index (χ0n) is 22.4. The van der Waals surface area contributed by atoms with Crippen LogP contribution in [0.2, 0.25) is 18.1 Å². The molecule has 0 bridgehead atoms. The third kappa shape index (κ3) is 5.05. The Morgan fingerprint density at radius 1 is 0.971 bits per heavy atom. The van der Waals surface area contributed by atoms with E-state index in [2.05, 4.69) is 39.2 Å². The average molecular weight is 500 g/mol. The smallest absolute Gasteiger partial charge is 0.231 e. The summed E-state index contributed by atoms with van der Waals surface area (Å²) in [6.07, 6.45) is 1.07. The largest absolute Gasteiger partial charge is 0.496 e. The van der Waals surface area contributed by atoms with E-state index in [1.807, 2.05) is 54.6 Å². The Bertz CT molecular complexity index is 1000. The molecule has 0 spiro atoms. The highest BCUT2D eigenvalue weighted by Crippen LogP contribution is 2.47. The first-order chi connectivity index (χ1) is 16.5. The summed E-state index contributed by atoms with van der Waals surface area (Å²) in [6, 6.07) is 17.1. The molecule has 1 heterocycles. The molecule has 7 heteroatoms. The van der Waals surface area contributed by atoms with Gasteiger partial charge in [-0.25, -0.2) is 0 Å². The SMILES string of the molecule is COc1ccccc1C(OC)(OC)C1CC(CCO[Si](C)(C)C(C)(C)C)(c2ccccc2)C(=O)N1. The predicted molar refractivity (Wildman–Crippen MR) is 141 cm³/mol. The fourth-order valence-corrected chi connectivity index (χ4v) is 5.83. The number of hydrogen-bond acceptors (Lipinski definition) is 5. The Labute approximate surface area is 211 Å². The van der Waals surface area contributed by atoms with Crippen LogP contribution in [0.25, 0.3) is 0 Å². The van der Waals surface area contributed by atoms with Crippen LogP contribution in [0.3, 0.4) is 0 Å². The van der Waals surface area contributed by atoms with E-state index in [0.29, 0.717) is 25.2 Å². The summed E-state index contributed by atoms with van der Waals surface area (Å²) in [5.74, 6) is -0.608. The zero-order valence-corrected chi connectivity index (χ0v) is 23.4. The molecule has 1 aliphatic rings. The van der Waals surface area contributed by atoms with Gasteiger partial charge in [-0.15, -0.1) is 0 Å². The molecule has 1 N–H and O–H groups in total. The number of hydrogen-bond donors (Lipinski definition) is 1. The standard InChI is InChI=1S/C28H41NO5Si/c1-26(2,3)35(7,8)34-19-18-27(21-14-10-9-11-15-21)20-24(29-25(27)30)28(32-5,33-6)22-16-12-13-17-23(22)31-4/h9-17,24H,18-20H2,1-8H3,(H,29,30). The van der Waals surface area contributed by atoms with Gasteiger partial charge in [-0.1, -0.05) is 63.2 Å². The molecule has 2 aromatic rings. The van der Waals surface area contributed by atoms with Gasteiger partial charge in [-0.3, -0.25) is 4.79 Å². The molecule has 0 aliphatic carbocycles. The van der Waals surface area contributed by atoms with Gasteiger partial charge in [-0.05, 0) is 48.7 Å². The van der Waals surface area contributed by atoms with Gasteiger partial charge >= 0.3 is 0 Å². The summed E-state index contributed by atoms with van der Waals surface area (Å²) in [5, 5.41) is 3.32. The minimum atomic E-state index is -1.96. The molecule has 0 aromatic heterocycles. The third-order valence-corrected chi connectivity index (χ3v) is 12.5. The topological polar surface area (TPSA) is 66.0 Å². The summed E-state index contributed by atoms with van der Waals surface area (Å²) in [6.45, 7) is 11.7. The van der Waals surface area contributed by atoms with Gasteiger partial charge in [0, 0.05) is 20.8 Å². The number of carbonyl (C=O) groups excluding carboxylic acids is 1. The van der Waals surface area contributed by atoms with Gasteiger partial charge in [0.1, 0.15) is 5.75 Å². The molecule has 2 aromatic carbocycles. The Morgan fingerprint density at radius 3 is 2.14 bits per heavy atom. The van der Waals surface area contributed by atoms with Crippen LogP contribution in [-0.4, -0.2) is 48.2 Å². The fraction of sp³-hybridized carbons (Fsp3) is 0.536. The predicted octanol–water partition coefficient (Wildman–Crippen LogP) is 5.38. The van der Waals surface area contributed by atoms with E-state index in [0.717, 1.165) is 11.1 Å². The van der Waals surface area contributed by atoms with E-state index in [9.17, 15) is 4.79 Å². The van der Waals surface area contributed by atoms with Gasteiger partial charge in [0.25, 0.3) is 0 Å². The molecule has 192 valence electrons. The van der Waals surface area contributed by atoms with Crippen LogP contribution in [0, 0.1) is 0 Å². The summed E-state index contributed by atoms with van der Waals surface area (Å²) in [7, 11) is 2.86. The number of para-hydroxylation sites is 1. The number of nitrogens with one attached hydrogen (secondary N) is 1. The molecule has 3 rings (SSSR count). The number of ether oxygens (including phenoxy) is 3. The Hall–Kier alpha value is -2.19. The van der Waals surface area contributed by atoms with Crippen molar-refractivity contribution in [3.63, 3.8) is 0 Å². The summed E-state index contributed by atoms with van der Waals surface area (Å²) in [4.78, 5) is 13.8. The van der Waals surface area contributed by atoms with Crippen molar-refractivity contribution in [3.05, 3.63) is 65.7 Å². The minimum Gasteiger partial charge on any atom is -0.496 e. The van der Waals surface area contributed by atoms with Crippen molar-refractivity contribution >= 4 is 14.2 Å². The first-order valence-corrected chi connectivity index (χ1v) is 15.1. The lowest BCUT2D eigenvalue weighted by atomic mass is 9.74. The van der Waals surface area contributed by atoms with Crippen molar-refractivity contribution < 1.29 is 23.4 Å². The van der Waals surface area contributed by atoms with Crippen molar-refractivity contribution in [2.45, 2.75) is 69.0 Å². The first kappa shape index (κ1) is 27.4. The molecule has 1 fully saturated rings. The maximum atomic E-state index is 13.8. The number of carbonyl (C=O) groups is 1. The maximum absolute atomic E-state index is 13.8. The van der Waals surface area contributed by atoms with Gasteiger partial charge in [-0.2, -0.15) is 0 Å². The Morgan fingerprint density at radius 2 is 1.57 bits per heavy atom.